The molecular weight excluding hydrogens is 208 g/mol. The van der Waals surface area contributed by atoms with Crippen LogP contribution in [0.25, 0.3) is 0 Å². The number of nitrogens with one attached hydrogen (secondary N) is 1. The van der Waals surface area contributed by atoms with E-state index in [2.05, 4.69) is 12.2 Å². The van der Waals surface area contributed by atoms with Gasteiger partial charge in [0.25, 0.3) is 0 Å². The summed E-state index contributed by atoms with van der Waals surface area (Å²) in [5.41, 5.74) is 5.57. The fourth-order valence-electron chi connectivity index (χ4n) is 2.07. The molecule has 3 N–H and O–H groups in total. The van der Waals surface area contributed by atoms with Crippen LogP contribution in [0.1, 0.15) is 33.6 Å². The van der Waals surface area contributed by atoms with Crippen molar-refractivity contribution in [3.8, 4) is 0 Å². The van der Waals surface area contributed by atoms with Gasteiger partial charge in [0.1, 0.15) is 0 Å². The highest BCUT2D eigenvalue weighted by atomic mass is 32.1. The van der Waals surface area contributed by atoms with Crippen molar-refractivity contribution in [3.63, 3.8) is 0 Å². The molecule has 86 valence electrons. The molecule has 1 rings (SSSR count). The number of rotatable bonds is 4. The lowest BCUT2D eigenvalue weighted by Crippen LogP contribution is -2.49. The molecule has 0 aliphatic heterocycles. The zero-order valence-electron chi connectivity index (χ0n) is 9.62. The SMILES string of the molecule is CC1CC(NC(=O)C(C(N)=S)C(C)C)C1. The predicted octanol–water partition coefficient (Wildman–Crippen LogP) is 1.46. The molecule has 1 aliphatic carbocycles. The molecule has 0 aromatic carbocycles. The van der Waals surface area contributed by atoms with Gasteiger partial charge in [-0.25, -0.2) is 0 Å². The molecule has 4 heteroatoms. The van der Waals surface area contributed by atoms with E-state index in [9.17, 15) is 4.79 Å². The Kier molecular flexibility index (Phi) is 4.08. The van der Waals surface area contributed by atoms with Crippen LogP contribution >= 0.6 is 12.2 Å². The highest BCUT2D eigenvalue weighted by molar-refractivity contribution is 7.80. The van der Waals surface area contributed by atoms with Crippen molar-refractivity contribution in [2.24, 2.45) is 23.5 Å². The summed E-state index contributed by atoms with van der Waals surface area (Å²) in [5, 5.41) is 3.00. The topological polar surface area (TPSA) is 55.1 Å². The molecule has 3 nitrogen and oxygen atoms in total. The fourth-order valence-corrected chi connectivity index (χ4v) is 2.45. The van der Waals surface area contributed by atoms with E-state index in [1.54, 1.807) is 0 Å². The smallest absolute Gasteiger partial charge is 0.230 e. The van der Waals surface area contributed by atoms with Gasteiger partial charge in [-0.15, -0.1) is 0 Å². The van der Waals surface area contributed by atoms with Crippen molar-refractivity contribution in [2.75, 3.05) is 0 Å². The van der Waals surface area contributed by atoms with Crippen LogP contribution in [0.4, 0.5) is 0 Å². The second kappa shape index (κ2) is 4.92. The second-order valence-corrected chi connectivity index (χ2v) is 5.38. The molecule has 1 fully saturated rings. The molecule has 1 saturated carbocycles. The Morgan fingerprint density at radius 3 is 2.33 bits per heavy atom. The van der Waals surface area contributed by atoms with E-state index in [-0.39, 0.29) is 17.7 Å². The normalized spacial score (nSPS) is 26.9. The summed E-state index contributed by atoms with van der Waals surface area (Å²) in [6.07, 6.45) is 2.15. The van der Waals surface area contributed by atoms with Crippen molar-refractivity contribution < 1.29 is 4.79 Å². The first-order chi connectivity index (χ1) is 6.91. The summed E-state index contributed by atoms with van der Waals surface area (Å²) in [7, 11) is 0. The minimum Gasteiger partial charge on any atom is -0.393 e. The molecule has 1 amide bonds. The summed E-state index contributed by atoms with van der Waals surface area (Å²) in [5.74, 6) is 0.572. The number of hydrogen-bond acceptors (Lipinski definition) is 2. The van der Waals surface area contributed by atoms with E-state index in [1.165, 1.54) is 0 Å². The first-order valence-corrected chi connectivity index (χ1v) is 5.92. The van der Waals surface area contributed by atoms with Crippen molar-refractivity contribution >= 4 is 23.1 Å². The second-order valence-electron chi connectivity index (χ2n) is 4.91. The quantitative estimate of drug-likeness (QED) is 0.716. The highest BCUT2D eigenvalue weighted by Gasteiger charge is 2.31. The minimum atomic E-state index is -0.323. The van der Waals surface area contributed by atoms with Gasteiger partial charge >= 0.3 is 0 Å². The molecule has 1 aliphatic rings. The fraction of sp³-hybridized carbons (Fsp3) is 0.818. The van der Waals surface area contributed by atoms with E-state index in [4.69, 9.17) is 18.0 Å². The minimum absolute atomic E-state index is 0.00519. The van der Waals surface area contributed by atoms with Gasteiger partial charge < -0.3 is 11.1 Å². The van der Waals surface area contributed by atoms with Gasteiger partial charge in [0.2, 0.25) is 5.91 Å². The average Bonchev–Trinajstić information content (AvgIpc) is 1.99. The summed E-state index contributed by atoms with van der Waals surface area (Å²) in [6, 6.07) is 0.336. The summed E-state index contributed by atoms with van der Waals surface area (Å²) in [6.45, 7) is 6.12. The number of carbonyl (C=O) groups excluding carboxylic acids is 1. The molecule has 15 heavy (non-hydrogen) atoms. The van der Waals surface area contributed by atoms with Gasteiger partial charge in [0.15, 0.2) is 0 Å². The van der Waals surface area contributed by atoms with Crippen molar-refractivity contribution in [1.82, 2.24) is 5.32 Å². The van der Waals surface area contributed by atoms with Crippen LogP contribution in [0.5, 0.6) is 0 Å². The number of carbonyl (C=O) groups is 1. The van der Waals surface area contributed by atoms with Gasteiger partial charge in [-0.1, -0.05) is 33.0 Å². The van der Waals surface area contributed by atoms with Gasteiger partial charge in [-0.05, 0) is 24.7 Å². The van der Waals surface area contributed by atoms with Crippen LogP contribution in [-0.2, 0) is 4.79 Å². The molecule has 0 saturated heterocycles. The Hall–Kier alpha value is -0.640. The van der Waals surface area contributed by atoms with Crippen LogP contribution in [0, 0.1) is 17.8 Å². The van der Waals surface area contributed by atoms with Gasteiger partial charge in [-0.3, -0.25) is 4.79 Å². The first kappa shape index (κ1) is 12.4. The van der Waals surface area contributed by atoms with Crippen LogP contribution in [0.2, 0.25) is 0 Å². The Bertz CT molecular complexity index is 259. The molecular formula is C11H20N2OS. The van der Waals surface area contributed by atoms with E-state index in [1.807, 2.05) is 13.8 Å². The number of thiocarbonyl (C=S) groups is 1. The van der Waals surface area contributed by atoms with Gasteiger partial charge in [-0.2, -0.15) is 0 Å². The largest absolute Gasteiger partial charge is 0.393 e. The monoisotopic (exact) mass is 228 g/mol. The molecule has 0 aromatic rings. The first-order valence-electron chi connectivity index (χ1n) is 5.51. The molecule has 1 atom stereocenters. The Labute approximate surface area is 96.8 Å². The maximum atomic E-state index is 11.9. The number of hydrogen-bond donors (Lipinski definition) is 2. The zero-order valence-corrected chi connectivity index (χ0v) is 10.4. The predicted molar refractivity (Wildman–Crippen MR) is 65.4 cm³/mol. The van der Waals surface area contributed by atoms with E-state index < -0.39 is 0 Å². The maximum Gasteiger partial charge on any atom is 0.230 e. The molecule has 0 heterocycles. The van der Waals surface area contributed by atoms with Crippen molar-refractivity contribution in [1.29, 1.82) is 0 Å². The van der Waals surface area contributed by atoms with Gasteiger partial charge in [0, 0.05) is 6.04 Å². The van der Waals surface area contributed by atoms with Crippen LogP contribution in [-0.4, -0.2) is 16.9 Å². The molecule has 0 aromatic heterocycles. The van der Waals surface area contributed by atoms with Crippen LogP contribution in [0.3, 0.4) is 0 Å². The zero-order chi connectivity index (χ0) is 11.6. The van der Waals surface area contributed by atoms with Gasteiger partial charge in [0.05, 0.1) is 10.9 Å². The number of amides is 1. The van der Waals surface area contributed by atoms with Crippen LogP contribution < -0.4 is 11.1 Å². The summed E-state index contributed by atoms with van der Waals surface area (Å²) >= 11 is 4.92. The van der Waals surface area contributed by atoms with Crippen molar-refractivity contribution in [3.05, 3.63) is 0 Å². The third kappa shape index (κ3) is 3.16. The Balaban J connectivity index is 2.46. The highest BCUT2D eigenvalue weighted by Crippen LogP contribution is 2.26. The van der Waals surface area contributed by atoms with Crippen LogP contribution in [0.15, 0.2) is 0 Å². The lowest BCUT2D eigenvalue weighted by Gasteiger charge is -2.34. The Morgan fingerprint density at radius 1 is 1.47 bits per heavy atom. The lowest BCUT2D eigenvalue weighted by atomic mass is 9.81. The molecule has 0 bridgehead atoms. The van der Waals surface area contributed by atoms with E-state index in [0.717, 1.165) is 18.8 Å². The number of nitrogens with two attached hydrogens (primary N) is 1. The lowest BCUT2D eigenvalue weighted by molar-refractivity contribution is -0.125. The maximum absolute atomic E-state index is 11.9. The third-order valence-electron chi connectivity index (χ3n) is 2.98. The molecule has 1 unspecified atom stereocenters. The molecule has 0 radical (unpaired) electrons. The summed E-state index contributed by atoms with van der Waals surface area (Å²) < 4.78 is 0. The van der Waals surface area contributed by atoms with Crippen molar-refractivity contribution in [2.45, 2.75) is 39.7 Å². The molecule has 0 spiro atoms. The third-order valence-corrected chi connectivity index (χ3v) is 3.23. The average molecular weight is 228 g/mol. The standard InChI is InChI=1S/C11H20N2OS/c1-6(2)9(10(12)15)11(14)13-8-4-7(3)5-8/h6-9H,4-5H2,1-3H3,(H2,12,15)(H,13,14). The van der Waals surface area contributed by atoms with E-state index in [0.29, 0.717) is 11.0 Å². The van der Waals surface area contributed by atoms with E-state index >= 15 is 0 Å². The summed E-state index contributed by atoms with van der Waals surface area (Å²) in [4.78, 5) is 12.2. The Morgan fingerprint density at radius 2 is 2.00 bits per heavy atom.